The number of nitrogens with one attached hydrogen (secondary N) is 2. The molecule has 3 N–H and O–H groups in total. The van der Waals surface area contributed by atoms with Crippen molar-refractivity contribution < 1.29 is 24.2 Å². The molecular formula is C35H27N3O5S2. The topological polar surface area (TPSA) is 118 Å². The third-order valence-electron chi connectivity index (χ3n) is 6.99. The molecule has 0 bridgehead atoms. The van der Waals surface area contributed by atoms with E-state index < -0.39 is 17.1 Å². The summed E-state index contributed by atoms with van der Waals surface area (Å²) in [5, 5.41) is 16.5. The molecule has 0 saturated carbocycles. The SMILES string of the molecule is CCOc1ccc2nc(NC(=O)C(Sc3ccc(NC(=O)c4cccc5cccc(C(=O)O)c45)cc3)c3ccccc3)sc2c1. The first kappa shape index (κ1) is 29.9. The molecule has 1 unspecified atom stereocenters. The van der Waals surface area contributed by atoms with E-state index in [4.69, 9.17) is 4.74 Å². The Kier molecular flexibility index (Phi) is 8.77. The quantitative estimate of drug-likeness (QED) is 0.130. The van der Waals surface area contributed by atoms with E-state index in [1.807, 2.05) is 67.6 Å². The molecule has 224 valence electrons. The Morgan fingerprint density at radius 1 is 0.867 bits per heavy atom. The lowest BCUT2D eigenvalue weighted by Crippen LogP contribution is -2.18. The van der Waals surface area contributed by atoms with Crippen molar-refractivity contribution in [1.29, 1.82) is 0 Å². The van der Waals surface area contributed by atoms with E-state index in [0.717, 1.165) is 26.4 Å². The van der Waals surface area contributed by atoms with Crippen LogP contribution in [0, 0.1) is 0 Å². The van der Waals surface area contributed by atoms with Crippen molar-refractivity contribution in [3.63, 3.8) is 0 Å². The molecule has 1 aromatic heterocycles. The summed E-state index contributed by atoms with van der Waals surface area (Å²) in [5.74, 6) is -0.970. The predicted molar refractivity (Wildman–Crippen MR) is 180 cm³/mol. The summed E-state index contributed by atoms with van der Waals surface area (Å²) in [6.07, 6.45) is 0. The van der Waals surface area contributed by atoms with Gasteiger partial charge in [-0.3, -0.25) is 9.59 Å². The fraction of sp³-hybridized carbons (Fsp3) is 0.0857. The average Bonchev–Trinajstić information content (AvgIpc) is 3.45. The van der Waals surface area contributed by atoms with E-state index in [9.17, 15) is 19.5 Å². The number of thioether (sulfide) groups is 1. The average molecular weight is 634 g/mol. The Bertz CT molecular complexity index is 2020. The maximum atomic E-state index is 13.6. The minimum Gasteiger partial charge on any atom is -0.494 e. The number of fused-ring (bicyclic) bond motifs is 2. The summed E-state index contributed by atoms with van der Waals surface area (Å²) in [4.78, 5) is 44.1. The number of thiazole rings is 1. The summed E-state index contributed by atoms with van der Waals surface area (Å²) in [7, 11) is 0. The highest BCUT2D eigenvalue weighted by Gasteiger charge is 2.24. The van der Waals surface area contributed by atoms with Gasteiger partial charge in [0.2, 0.25) is 5.91 Å². The molecule has 0 aliphatic heterocycles. The number of carboxylic acid groups (broad SMARTS) is 1. The molecule has 6 rings (SSSR count). The molecule has 6 aromatic rings. The molecule has 0 aliphatic carbocycles. The second-order valence-electron chi connectivity index (χ2n) is 9.97. The molecule has 10 heteroatoms. The maximum Gasteiger partial charge on any atom is 0.336 e. The molecule has 0 saturated heterocycles. The highest BCUT2D eigenvalue weighted by atomic mass is 32.2. The van der Waals surface area contributed by atoms with Gasteiger partial charge < -0.3 is 20.5 Å². The smallest absolute Gasteiger partial charge is 0.336 e. The van der Waals surface area contributed by atoms with Crippen molar-refractivity contribution in [3.8, 4) is 5.75 Å². The van der Waals surface area contributed by atoms with Crippen molar-refractivity contribution in [2.75, 3.05) is 17.2 Å². The van der Waals surface area contributed by atoms with Gasteiger partial charge in [-0.25, -0.2) is 9.78 Å². The fourth-order valence-electron chi connectivity index (χ4n) is 4.95. The molecular weight excluding hydrogens is 607 g/mol. The summed E-state index contributed by atoms with van der Waals surface area (Å²) < 4.78 is 6.51. The van der Waals surface area contributed by atoms with Gasteiger partial charge in [-0.05, 0) is 72.5 Å². The zero-order chi connectivity index (χ0) is 31.3. The van der Waals surface area contributed by atoms with E-state index in [-0.39, 0.29) is 17.0 Å². The Morgan fingerprint density at radius 3 is 2.31 bits per heavy atom. The zero-order valence-electron chi connectivity index (χ0n) is 24.0. The number of hydrogen-bond donors (Lipinski definition) is 3. The Hall–Kier alpha value is -5.19. The Morgan fingerprint density at radius 2 is 1.60 bits per heavy atom. The first-order valence-corrected chi connectivity index (χ1v) is 15.8. The summed E-state index contributed by atoms with van der Waals surface area (Å²) in [6, 6.07) is 32.4. The van der Waals surface area contributed by atoms with Gasteiger partial charge in [-0.15, -0.1) is 11.8 Å². The maximum absolute atomic E-state index is 13.6. The Labute approximate surface area is 267 Å². The number of amides is 2. The van der Waals surface area contributed by atoms with Gasteiger partial charge in [-0.1, -0.05) is 65.9 Å². The van der Waals surface area contributed by atoms with Crippen molar-refractivity contribution >= 4 is 72.7 Å². The van der Waals surface area contributed by atoms with Crippen LogP contribution in [0.2, 0.25) is 0 Å². The van der Waals surface area contributed by atoms with Crippen LogP contribution in [0.1, 0.15) is 38.5 Å². The number of benzene rings is 5. The molecule has 0 radical (unpaired) electrons. The third kappa shape index (κ3) is 6.67. The third-order valence-corrected chi connectivity index (χ3v) is 9.19. The van der Waals surface area contributed by atoms with Crippen LogP contribution in [0.15, 0.2) is 114 Å². The lowest BCUT2D eigenvalue weighted by molar-refractivity contribution is -0.115. The van der Waals surface area contributed by atoms with Crippen molar-refractivity contribution in [2.24, 2.45) is 0 Å². The van der Waals surface area contributed by atoms with Crippen LogP contribution in [0.5, 0.6) is 5.75 Å². The molecule has 8 nitrogen and oxygen atoms in total. The van der Waals surface area contributed by atoms with E-state index >= 15 is 0 Å². The number of carboxylic acids is 1. The largest absolute Gasteiger partial charge is 0.494 e. The number of ether oxygens (including phenoxy) is 1. The number of hydrogen-bond acceptors (Lipinski definition) is 7. The standard InChI is InChI=1S/C35H27N3O5S2/c1-2-43-24-16-19-28-29(20-24)45-35(37-28)38-33(40)31(22-8-4-3-5-9-22)44-25-17-14-23(15-18-25)36-32(39)26-12-6-10-21-11-7-13-27(30(21)26)34(41)42/h3-20,31H,2H2,1H3,(H,36,39)(H,41,42)(H,37,38,40). The highest BCUT2D eigenvalue weighted by Crippen LogP contribution is 2.38. The second kappa shape index (κ2) is 13.2. The number of rotatable bonds is 10. The van der Waals surface area contributed by atoms with Gasteiger partial charge in [0.1, 0.15) is 11.0 Å². The summed E-state index contributed by atoms with van der Waals surface area (Å²) >= 11 is 2.77. The molecule has 1 atom stereocenters. The van der Waals surface area contributed by atoms with Crippen LogP contribution in [-0.4, -0.2) is 34.5 Å². The van der Waals surface area contributed by atoms with Gasteiger partial charge in [0.15, 0.2) is 5.13 Å². The van der Waals surface area contributed by atoms with E-state index in [0.29, 0.717) is 28.2 Å². The number of carbonyl (C=O) groups is 3. The summed E-state index contributed by atoms with van der Waals surface area (Å²) in [6.45, 7) is 2.49. The molecule has 0 aliphatic rings. The van der Waals surface area contributed by atoms with E-state index in [1.165, 1.54) is 29.2 Å². The molecule has 0 fully saturated rings. The van der Waals surface area contributed by atoms with Crippen molar-refractivity contribution in [3.05, 3.63) is 126 Å². The summed E-state index contributed by atoms with van der Waals surface area (Å²) in [5.41, 5.74) is 2.49. The number of aromatic carboxylic acids is 1. The van der Waals surface area contributed by atoms with Gasteiger partial charge in [-0.2, -0.15) is 0 Å². The first-order valence-electron chi connectivity index (χ1n) is 14.1. The predicted octanol–water partition coefficient (Wildman–Crippen LogP) is 8.27. The normalized spacial score (nSPS) is 11.7. The van der Waals surface area contributed by atoms with E-state index in [1.54, 1.807) is 42.5 Å². The van der Waals surface area contributed by atoms with Crippen LogP contribution in [-0.2, 0) is 4.79 Å². The fourth-order valence-corrected chi connectivity index (χ4v) is 6.87. The lowest BCUT2D eigenvalue weighted by atomic mass is 9.98. The van der Waals surface area contributed by atoms with Gasteiger partial charge in [0.25, 0.3) is 5.91 Å². The Balaban J connectivity index is 1.20. The number of nitrogens with zero attached hydrogens (tertiary/aromatic N) is 1. The van der Waals surface area contributed by atoms with Crippen LogP contribution in [0.25, 0.3) is 21.0 Å². The van der Waals surface area contributed by atoms with Crippen LogP contribution < -0.4 is 15.4 Å². The monoisotopic (exact) mass is 633 g/mol. The highest BCUT2D eigenvalue weighted by molar-refractivity contribution is 8.00. The molecule has 0 spiro atoms. The number of aromatic nitrogens is 1. The van der Waals surface area contributed by atoms with Crippen LogP contribution in [0.3, 0.4) is 0 Å². The van der Waals surface area contributed by atoms with E-state index in [2.05, 4.69) is 15.6 Å². The lowest BCUT2D eigenvalue weighted by Gasteiger charge is -2.16. The minimum atomic E-state index is -1.10. The van der Waals surface area contributed by atoms with Crippen molar-refractivity contribution in [1.82, 2.24) is 4.98 Å². The van der Waals surface area contributed by atoms with Crippen molar-refractivity contribution in [2.45, 2.75) is 17.1 Å². The molecule has 2 amide bonds. The van der Waals surface area contributed by atoms with Crippen LogP contribution >= 0.6 is 23.1 Å². The second-order valence-corrected chi connectivity index (χ2v) is 12.2. The minimum absolute atomic E-state index is 0.0661. The molecule has 1 heterocycles. The zero-order valence-corrected chi connectivity index (χ0v) is 25.7. The van der Waals surface area contributed by atoms with Gasteiger partial charge >= 0.3 is 5.97 Å². The van der Waals surface area contributed by atoms with Gasteiger partial charge in [0, 0.05) is 21.5 Å². The van der Waals surface area contributed by atoms with Gasteiger partial charge in [0.05, 0.1) is 22.4 Å². The molecule has 45 heavy (non-hydrogen) atoms. The first-order chi connectivity index (χ1) is 21.9. The molecule has 5 aromatic carbocycles. The number of carbonyl (C=O) groups excluding carboxylic acids is 2. The van der Waals surface area contributed by atoms with Crippen LogP contribution in [0.4, 0.5) is 10.8 Å². The number of anilines is 2.